The van der Waals surface area contributed by atoms with Crippen molar-refractivity contribution in [3.05, 3.63) is 59.1 Å². The van der Waals surface area contributed by atoms with Crippen molar-refractivity contribution >= 4 is 21.6 Å². The number of hydrogen-bond donors (Lipinski definition) is 0. The first-order chi connectivity index (χ1) is 8.24. The molecule has 0 spiro atoms. The van der Waals surface area contributed by atoms with Crippen LogP contribution in [0.3, 0.4) is 0 Å². The molecule has 2 aromatic heterocycles. The van der Waals surface area contributed by atoms with Crippen molar-refractivity contribution in [2.45, 2.75) is 0 Å². The minimum atomic E-state index is -0.251. The molecule has 0 radical (unpaired) electrons. The second-order valence-corrected chi connectivity index (χ2v) is 4.53. The van der Waals surface area contributed by atoms with E-state index in [0.717, 1.165) is 21.5 Å². The van der Waals surface area contributed by atoms with E-state index in [1.807, 2.05) is 34.9 Å². The predicted molar refractivity (Wildman–Crippen MR) is 68.3 cm³/mol. The van der Waals surface area contributed by atoms with Crippen molar-refractivity contribution in [1.29, 1.82) is 0 Å². The second kappa shape index (κ2) is 3.96. The largest absolute Gasteiger partial charge is 0.293 e. The Morgan fingerprint density at radius 3 is 2.71 bits per heavy atom. The predicted octanol–water partition coefficient (Wildman–Crippen LogP) is 3.90. The van der Waals surface area contributed by atoms with Gasteiger partial charge >= 0.3 is 0 Å². The molecule has 3 rings (SSSR count). The highest BCUT2D eigenvalue weighted by molar-refractivity contribution is 9.10. The molecule has 0 aliphatic rings. The summed E-state index contributed by atoms with van der Waals surface area (Å²) < 4.78 is 16.0. The third kappa shape index (κ3) is 1.85. The Hall–Kier alpha value is -1.68. The van der Waals surface area contributed by atoms with Gasteiger partial charge in [0, 0.05) is 11.8 Å². The molecule has 3 aromatic rings. The molecule has 84 valence electrons. The van der Waals surface area contributed by atoms with Crippen LogP contribution < -0.4 is 0 Å². The van der Waals surface area contributed by atoms with Crippen LogP contribution in [0.5, 0.6) is 0 Å². The lowest BCUT2D eigenvalue weighted by Gasteiger charge is -1.95. The number of nitrogens with zero attached hydrogens (tertiary/aromatic N) is 2. The Morgan fingerprint density at radius 1 is 1.12 bits per heavy atom. The van der Waals surface area contributed by atoms with Crippen LogP contribution in [0.1, 0.15) is 0 Å². The summed E-state index contributed by atoms with van der Waals surface area (Å²) >= 11 is 3.45. The molecule has 0 saturated carbocycles. The monoisotopic (exact) mass is 290 g/mol. The van der Waals surface area contributed by atoms with Gasteiger partial charge in [-0.25, -0.2) is 9.37 Å². The first-order valence-electron chi connectivity index (χ1n) is 5.13. The minimum absolute atomic E-state index is 0.251. The maximum Gasteiger partial charge on any atom is 0.138 e. The molecule has 0 aliphatic heterocycles. The summed E-state index contributed by atoms with van der Waals surface area (Å²) in [6.07, 6.45) is 1.88. The van der Waals surface area contributed by atoms with E-state index < -0.39 is 0 Å². The van der Waals surface area contributed by atoms with E-state index >= 15 is 0 Å². The standard InChI is InChI=1S/C13H8BrFN2/c14-12-5-2-6-13-16-11(8-17(12)13)9-3-1-4-10(15)7-9/h1-8H. The molecular weight excluding hydrogens is 283 g/mol. The summed E-state index contributed by atoms with van der Waals surface area (Å²) in [4.78, 5) is 4.45. The van der Waals surface area contributed by atoms with Gasteiger partial charge in [-0.2, -0.15) is 0 Å². The summed E-state index contributed by atoms with van der Waals surface area (Å²) in [6.45, 7) is 0. The van der Waals surface area contributed by atoms with E-state index in [1.165, 1.54) is 12.1 Å². The fourth-order valence-electron chi connectivity index (χ4n) is 1.76. The average Bonchev–Trinajstić information content (AvgIpc) is 2.74. The zero-order valence-corrected chi connectivity index (χ0v) is 10.4. The summed E-state index contributed by atoms with van der Waals surface area (Å²) in [5.74, 6) is -0.251. The smallest absolute Gasteiger partial charge is 0.138 e. The van der Waals surface area contributed by atoms with Gasteiger partial charge in [0.2, 0.25) is 0 Å². The van der Waals surface area contributed by atoms with Crippen LogP contribution in [0.25, 0.3) is 16.9 Å². The van der Waals surface area contributed by atoms with Crippen molar-refractivity contribution in [2.75, 3.05) is 0 Å². The van der Waals surface area contributed by atoms with Crippen LogP contribution in [0.2, 0.25) is 0 Å². The third-order valence-electron chi connectivity index (χ3n) is 2.56. The summed E-state index contributed by atoms with van der Waals surface area (Å²) in [5, 5.41) is 0. The molecule has 2 nitrogen and oxygen atoms in total. The molecular formula is C13H8BrFN2. The SMILES string of the molecule is Fc1cccc(-c2cn3c(Br)cccc3n2)c1. The number of fused-ring (bicyclic) bond motifs is 1. The lowest BCUT2D eigenvalue weighted by molar-refractivity contribution is 0.628. The van der Waals surface area contributed by atoms with E-state index in [0.29, 0.717) is 0 Å². The molecule has 0 fully saturated rings. The summed E-state index contributed by atoms with van der Waals surface area (Å²) in [7, 11) is 0. The van der Waals surface area contributed by atoms with Gasteiger partial charge in [-0.15, -0.1) is 0 Å². The molecule has 0 bridgehead atoms. The zero-order chi connectivity index (χ0) is 11.8. The van der Waals surface area contributed by atoms with Gasteiger partial charge in [0.25, 0.3) is 0 Å². The first kappa shape index (κ1) is 10.5. The van der Waals surface area contributed by atoms with Crippen LogP contribution in [0.4, 0.5) is 4.39 Å². The van der Waals surface area contributed by atoms with Crippen molar-refractivity contribution in [3.63, 3.8) is 0 Å². The molecule has 0 aliphatic carbocycles. The molecule has 0 amide bonds. The van der Waals surface area contributed by atoms with Crippen molar-refractivity contribution < 1.29 is 4.39 Å². The Balaban J connectivity index is 2.22. The van der Waals surface area contributed by atoms with Gasteiger partial charge in [-0.1, -0.05) is 18.2 Å². The lowest BCUT2D eigenvalue weighted by atomic mass is 10.2. The second-order valence-electron chi connectivity index (χ2n) is 3.71. The average molecular weight is 291 g/mol. The molecule has 0 saturated heterocycles. The minimum Gasteiger partial charge on any atom is -0.293 e. The van der Waals surface area contributed by atoms with Crippen LogP contribution >= 0.6 is 15.9 Å². The third-order valence-corrected chi connectivity index (χ3v) is 3.21. The van der Waals surface area contributed by atoms with Gasteiger partial charge in [0.05, 0.1) is 10.3 Å². The highest BCUT2D eigenvalue weighted by Gasteiger charge is 2.06. The number of benzene rings is 1. The first-order valence-corrected chi connectivity index (χ1v) is 5.93. The number of rotatable bonds is 1. The number of hydrogen-bond acceptors (Lipinski definition) is 1. The van der Waals surface area contributed by atoms with E-state index in [4.69, 9.17) is 0 Å². The van der Waals surface area contributed by atoms with Crippen LogP contribution in [-0.2, 0) is 0 Å². The van der Waals surface area contributed by atoms with Crippen LogP contribution in [0.15, 0.2) is 53.3 Å². The fourth-order valence-corrected chi connectivity index (χ4v) is 2.20. The van der Waals surface area contributed by atoms with Gasteiger partial charge in [-0.3, -0.25) is 4.40 Å². The molecule has 0 unspecified atom stereocenters. The molecule has 17 heavy (non-hydrogen) atoms. The van der Waals surface area contributed by atoms with Gasteiger partial charge in [-0.05, 0) is 40.2 Å². The highest BCUT2D eigenvalue weighted by Crippen LogP contribution is 2.22. The number of aromatic nitrogens is 2. The number of halogens is 2. The van der Waals surface area contributed by atoms with Crippen molar-refractivity contribution in [1.82, 2.24) is 9.38 Å². The normalized spacial score (nSPS) is 10.9. The van der Waals surface area contributed by atoms with Gasteiger partial charge < -0.3 is 0 Å². The van der Waals surface area contributed by atoms with Crippen LogP contribution in [-0.4, -0.2) is 9.38 Å². The van der Waals surface area contributed by atoms with Crippen molar-refractivity contribution in [3.8, 4) is 11.3 Å². The van der Waals surface area contributed by atoms with E-state index in [2.05, 4.69) is 20.9 Å². The highest BCUT2D eigenvalue weighted by atomic mass is 79.9. The Morgan fingerprint density at radius 2 is 1.94 bits per heavy atom. The molecule has 0 N–H and O–H groups in total. The van der Waals surface area contributed by atoms with E-state index in [1.54, 1.807) is 6.07 Å². The van der Waals surface area contributed by atoms with Crippen molar-refractivity contribution in [2.24, 2.45) is 0 Å². The molecule has 2 heterocycles. The number of pyridine rings is 1. The molecule has 4 heteroatoms. The van der Waals surface area contributed by atoms with E-state index in [-0.39, 0.29) is 5.82 Å². The Bertz CT molecular complexity index is 691. The topological polar surface area (TPSA) is 17.3 Å². The Labute approximate surface area is 106 Å². The van der Waals surface area contributed by atoms with E-state index in [9.17, 15) is 4.39 Å². The molecule has 0 atom stereocenters. The zero-order valence-electron chi connectivity index (χ0n) is 8.77. The number of imidazole rings is 1. The Kier molecular flexibility index (Phi) is 2.44. The quantitative estimate of drug-likeness (QED) is 0.621. The summed E-state index contributed by atoms with van der Waals surface area (Å²) in [5.41, 5.74) is 2.37. The van der Waals surface area contributed by atoms with Gasteiger partial charge in [0.1, 0.15) is 11.5 Å². The summed E-state index contributed by atoms with van der Waals surface area (Å²) in [6, 6.07) is 12.2. The molecule has 1 aromatic carbocycles. The van der Waals surface area contributed by atoms with Gasteiger partial charge in [0.15, 0.2) is 0 Å². The fraction of sp³-hybridized carbons (Fsp3) is 0. The maximum absolute atomic E-state index is 13.1. The van der Waals surface area contributed by atoms with Crippen LogP contribution in [0, 0.1) is 5.82 Å². The maximum atomic E-state index is 13.1. The lowest BCUT2D eigenvalue weighted by Crippen LogP contribution is -1.82.